The van der Waals surface area contributed by atoms with E-state index in [9.17, 15) is 0 Å². The highest BCUT2D eigenvalue weighted by atomic mass is 31.1. The molecule has 0 aliphatic heterocycles. The average Bonchev–Trinajstić information content (AvgIpc) is 0.918. The van der Waals surface area contributed by atoms with Gasteiger partial charge in [0.05, 0.1) is 0 Å². The van der Waals surface area contributed by atoms with Gasteiger partial charge < -0.3 is 0 Å². The quantitative estimate of drug-likeness (QED) is 0.402. The van der Waals surface area contributed by atoms with Crippen LogP contribution in [0, 0.1) is 0 Å². The number of nitrogens with two attached hydrogens (primary N) is 1. The van der Waals surface area contributed by atoms with E-state index >= 15 is 0 Å². The van der Waals surface area contributed by atoms with Crippen molar-refractivity contribution in [2.24, 2.45) is 5.50 Å². The predicted octanol–water partition coefficient (Wildman–Crippen LogP) is -0.329. The summed E-state index contributed by atoms with van der Waals surface area (Å²) >= 11 is 0. The third-order valence-electron chi connectivity index (χ3n) is 0. The average molecular weight is 77.0 g/mol. The molecule has 0 rings (SSSR count). The van der Waals surface area contributed by atoms with Gasteiger partial charge in [0, 0.05) is 6.15 Å². The zero-order valence-corrected chi connectivity index (χ0v) is 2.77. The van der Waals surface area contributed by atoms with Crippen LogP contribution in [0.5, 0.6) is 0 Å². The molecule has 0 aliphatic carbocycles. The Morgan fingerprint density at radius 2 is 1.75 bits per heavy atom. The molecule has 0 atom stereocenters. The van der Waals surface area contributed by atoms with E-state index in [0.717, 1.165) is 0 Å². The lowest BCUT2D eigenvalue weighted by Crippen LogP contribution is -1.51. The molecule has 0 saturated heterocycles. The van der Waals surface area contributed by atoms with Crippen LogP contribution >= 0.6 is 8.61 Å². The highest BCUT2D eigenvalue weighted by Crippen LogP contribution is 1.55. The molecule has 0 aromatic rings. The second-order valence-corrected chi connectivity index (χ2v) is 0.316. The number of rotatable bonds is 0. The van der Waals surface area contributed by atoms with Gasteiger partial charge >= 0.3 is 0 Å². The lowest BCUT2D eigenvalue weighted by atomic mass is 13.9. The number of hydrogen-bond donors (Lipinski definition) is 1. The number of nitrogens with zero attached hydrogens (tertiary/aromatic N) is 1. The fourth-order valence-corrected chi connectivity index (χ4v) is 0. The monoisotopic (exact) mass is 77.0 g/mol. The molecule has 0 saturated carbocycles. The van der Waals surface area contributed by atoms with E-state index in [1.807, 2.05) is 0 Å². The van der Waals surface area contributed by atoms with E-state index < -0.39 is 0 Å². The van der Waals surface area contributed by atoms with Gasteiger partial charge in [-0.05, 0) is 0 Å². The third-order valence-corrected chi connectivity index (χ3v) is 0. The Balaban J connectivity index is 0. The molecule has 0 aromatic carbocycles. The molecular weight excluding hydrogens is 75.0 g/mol. The fraction of sp³-hybridized carbons (Fsp3) is 0. The summed E-state index contributed by atoms with van der Waals surface area (Å²) in [5.74, 6) is 0. The molecule has 23 valence electrons. The first kappa shape index (κ1) is 8.99. The molecule has 4 heavy (non-hydrogen) atoms. The lowest BCUT2D eigenvalue weighted by Gasteiger charge is -1.25. The lowest BCUT2D eigenvalue weighted by molar-refractivity contribution is 0.599. The standard InChI is InChI=1S/H2NOP.N/c1-3-2;/h(H2,1,2);. The topological polar surface area (TPSA) is 73.6 Å². The molecule has 0 aromatic heterocycles. The molecule has 0 bridgehead atoms. The first-order valence-electron chi connectivity index (χ1n) is 0.441. The van der Waals surface area contributed by atoms with E-state index in [-0.39, 0.29) is 14.8 Å². The molecule has 3 nitrogen and oxygen atoms in total. The summed E-state index contributed by atoms with van der Waals surface area (Å²) in [6.07, 6.45) is 0. The maximum absolute atomic E-state index is 8.68. The van der Waals surface area contributed by atoms with Gasteiger partial charge in [-0.1, -0.05) is 0 Å². The van der Waals surface area contributed by atoms with Crippen LogP contribution in [0.25, 0.3) is 0 Å². The first-order valence-corrected chi connectivity index (χ1v) is 1.32. The van der Waals surface area contributed by atoms with Crippen molar-refractivity contribution < 1.29 is 4.57 Å². The summed E-state index contributed by atoms with van der Waals surface area (Å²) in [7, 11) is -0.333. The van der Waals surface area contributed by atoms with Gasteiger partial charge in [0.25, 0.3) is 0 Å². The summed E-state index contributed by atoms with van der Waals surface area (Å²) < 4.78 is 8.68. The van der Waals surface area contributed by atoms with Crippen LogP contribution in [-0.4, -0.2) is 0 Å². The van der Waals surface area contributed by atoms with Crippen LogP contribution in [0.4, 0.5) is 0 Å². The van der Waals surface area contributed by atoms with E-state index in [2.05, 4.69) is 5.50 Å². The normalized spacial score (nSPS) is 5.25. The summed E-state index contributed by atoms with van der Waals surface area (Å²) in [5.41, 5.74) is 4.26. The maximum Gasteiger partial charge on any atom is 0.242 e. The molecule has 0 unspecified atom stereocenters. The van der Waals surface area contributed by atoms with Crippen molar-refractivity contribution in [1.82, 2.24) is 6.15 Å². The molecular formula is H2N2OP. The fourth-order valence-electron chi connectivity index (χ4n) is 0. The van der Waals surface area contributed by atoms with Gasteiger partial charge in [-0.2, -0.15) is 0 Å². The summed E-state index contributed by atoms with van der Waals surface area (Å²) in [6.45, 7) is 0. The first-order chi connectivity index (χ1) is 1.41. The Hall–Kier alpha value is 0.0200. The molecule has 3 radical (unpaired) electrons. The van der Waals surface area contributed by atoms with Crippen molar-refractivity contribution in [2.75, 3.05) is 0 Å². The highest BCUT2D eigenvalue weighted by Gasteiger charge is 1.25. The van der Waals surface area contributed by atoms with Gasteiger partial charge in [-0.25, -0.2) is 0 Å². The van der Waals surface area contributed by atoms with Gasteiger partial charge in [-0.15, -0.1) is 0 Å². The SMILES string of the molecule is NP=O.[N]. The van der Waals surface area contributed by atoms with Crippen molar-refractivity contribution in [2.45, 2.75) is 0 Å². The van der Waals surface area contributed by atoms with E-state index in [1.165, 1.54) is 0 Å². The van der Waals surface area contributed by atoms with Crippen molar-refractivity contribution in [3.05, 3.63) is 0 Å². The Labute approximate surface area is 26.0 Å². The molecule has 0 heterocycles. The van der Waals surface area contributed by atoms with Gasteiger partial charge in [0.2, 0.25) is 8.61 Å². The molecule has 2 N–H and O–H groups in total. The van der Waals surface area contributed by atoms with Crippen molar-refractivity contribution in [1.29, 1.82) is 0 Å². The van der Waals surface area contributed by atoms with Crippen molar-refractivity contribution in [3.8, 4) is 0 Å². The minimum absolute atomic E-state index is 0. The van der Waals surface area contributed by atoms with E-state index in [1.54, 1.807) is 0 Å². The highest BCUT2D eigenvalue weighted by molar-refractivity contribution is 7.20. The zero-order valence-electron chi connectivity index (χ0n) is 1.88. The van der Waals surface area contributed by atoms with Crippen LogP contribution in [0.1, 0.15) is 0 Å². The van der Waals surface area contributed by atoms with Gasteiger partial charge in [-0.3, -0.25) is 10.1 Å². The van der Waals surface area contributed by atoms with E-state index in [0.29, 0.717) is 0 Å². The minimum Gasteiger partial charge on any atom is -0.256 e. The summed E-state index contributed by atoms with van der Waals surface area (Å²) in [6, 6.07) is 0. The van der Waals surface area contributed by atoms with Gasteiger partial charge in [0.1, 0.15) is 0 Å². The van der Waals surface area contributed by atoms with Crippen LogP contribution < -0.4 is 11.7 Å². The Morgan fingerprint density at radius 3 is 1.75 bits per heavy atom. The maximum atomic E-state index is 8.68. The number of hydrogen-bond acceptors (Lipinski definition) is 1. The molecule has 0 fully saturated rings. The smallest absolute Gasteiger partial charge is 0.242 e. The molecule has 0 spiro atoms. The summed E-state index contributed by atoms with van der Waals surface area (Å²) in [5, 5.41) is 0. The second kappa shape index (κ2) is 11.8. The largest absolute Gasteiger partial charge is 0.256 e. The van der Waals surface area contributed by atoms with E-state index in [4.69, 9.17) is 4.57 Å². The third kappa shape index (κ3) is 5250. The minimum atomic E-state index is -0.333. The molecule has 4 heteroatoms. The summed E-state index contributed by atoms with van der Waals surface area (Å²) in [4.78, 5) is 0. The Morgan fingerprint density at radius 1 is 1.75 bits per heavy atom. The van der Waals surface area contributed by atoms with Crippen molar-refractivity contribution >= 4 is 8.61 Å². The van der Waals surface area contributed by atoms with Crippen LogP contribution in [0.15, 0.2) is 0 Å². The van der Waals surface area contributed by atoms with Gasteiger partial charge in [0.15, 0.2) is 0 Å². The Kier molecular flexibility index (Phi) is 26.6. The predicted molar refractivity (Wildman–Crippen MR) is 13.9 cm³/mol. The molecule has 0 amide bonds. The van der Waals surface area contributed by atoms with Crippen LogP contribution in [0.2, 0.25) is 0 Å². The second-order valence-electron chi connectivity index (χ2n) is 0.105. The zero-order chi connectivity index (χ0) is 2.71. The van der Waals surface area contributed by atoms with Crippen LogP contribution in [-0.2, 0) is 4.57 Å². The Bertz CT molecular complexity index is 13.5. The van der Waals surface area contributed by atoms with Crippen molar-refractivity contribution in [3.63, 3.8) is 0 Å². The van der Waals surface area contributed by atoms with Crippen LogP contribution in [0.3, 0.4) is 0 Å². The molecule has 0 aliphatic rings.